The normalized spacial score (nSPS) is 15.8. The minimum atomic E-state index is -3.67. The summed E-state index contributed by atoms with van der Waals surface area (Å²) >= 11 is 0. The number of carbonyl (C=O) groups is 2. The Balaban J connectivity index is 1.53. The van der Waals surface area contributed by atoms with E-state index in [9.17, 15) is 18.0 Å². The first-order valence-electron chi connectivity index (χ1n) is 9.81. The molecule has 0 spiro atoms. The van der Waals surface area contributed by atoms with E-state index < -0.39 is 10.0 Å². The highest BCUT2D eigenvalue weighted by Gasteiger charge is 2.32. The number of sulfonamides is 1. The number of hydrogen-bond acceptors (Lipinski definition) is 4. The van der Waals surface area contributed by atoms with Gasteiger partial charge in [-0.1, -0.05) is 42.5 Å². The quantitative estimate of drug-likeness (QED) is 0.706. The van der Waals surface area contributed by atoms with Crippen molar-refractivity contribution in [2.75, 3.05) is 19.6 Å². The predicted octanol–water partition coefficient (Wildman–Crippen LogP) is 2.65. The molecule has 1 amide bonds. The van der Waals surface area contributed by atoms with Gasteiger partial charge in [0.05, 0.1) is 4.90 Å². The standard InChI is InChI=1S/C22H26N2O4S/c1-17(25)20-8-5-9-21(16-20)29(27,28)24-14-11-19(12-15-24)22(26)23-13-10-18-6-3-2-4-7-18/h2-9,16,19H,10-15H2,1H3,(H,23,26). The van der Waals surface area contributed by atoms with Crippen LogP contribution < -0.4 is 5.32 Å². The van der Waals surface area contributed by atoms with Crippen LogP contribution in [-0.2, 0) is 21.2 Å². The van der Waals surface area contributed by atoms with E-state index in [0.29, 0.717) is 38.0 Å². The molecule has 1 aliphatic heterocycles. The zero-order valence-electron chi connectivity index (χ0n) is 16.5. The molecule has 29 heavy (non-hydrogen) atoms. The van der Waals surface area contributed by atoms with Crippen molar-refractivity contribution in [3.05, 3.63) is 65.7 Å². The maximum Gasteiger partial charge on any atom is 0.243 e. The number of ketones is 1. The van der Waals surface area contributed by atoms with Crippen LogP contribution in [0.1, 0.15) is 35.7 Å². The van der Waals surface area contributed by atoms with Gasteiger partial charge < -0.3 is 5.32 Å². The van der Waals surface area contributed by atoms with Gasteiger partial charge in [-0.25, -0.2) is 8.42 Å². The summed E-state index contributed by atoms with van der Waals surface area (Å²) in [6.45, 7) is 2.57. The number of nitrogens with one attached hydrogen (secondary N) is 1. The van der Waals surface area contributed by atoms with E-state index >= 15 is 0 Å². The van der Waals surface area contributed by atoms with Crippen LogP contribution >= 0.6 is 0 Å². The number of rotatable bonds is 7. The Hall–Kier alpha value is -2.51. The van der Waals surface area contributed by atoms with Crippen molar-refractivity contribution in [2.45, 2.75) is 31.1 Å². The van der Waals surface area contributed by atoms with Crippen molar-refractivity contribution in [2.24, 2.45) is 5.92 Å². The van der Waals surface area contributed by atoms with Crippen LogP contribution in [0.2, 0.25) is 0 Å². The molecule has 6 nitrogen and oxygen atoms in total. The molecule has 1 fully saturated rings. The Morgan fingerprint density at radius 2 is 1.72 bits per heavy atom. The lowest BCUT2D eigenvalue weighted by Crippen LogP contribution is -2.43. The highest BCUT2D eigenvalue weighted by atomic mass is 32.2. The zero-order chi connectivity index (χ0) is 20.9. The SMILES string of the molecule is CC(=O)c1cccc(S(=O)(=O)N2CCC(C(=O)NCCc3ccccc3)CC2)c1. The van der Waals surface area contributed by atoms with Crippen LogP contribution in [0.5, 0.6) is 0 Å². The van der Waals surface area contributed by atoms with Crippen LogP contribution in [-0.4, -0.2) is 44.0 Å². The molecule has 0 aromatic heterocycles. The number of nitrogens with zero attached hydrogens (tertiary/aromatic N) is 1. The van der Waals surface area contributed by atoms with Gasteiger partial charge in [-0.3, -0.25) is 9.59 Å². The number of benzene rings is 2. The number of carbonyl (C=O) groups excluding carboxylic acids is 2. The molecule has 0 unspecified atom stereocenters. The average Bonchev–Trinajstić information content (AvgIpc) is 2.74. The lowest BCUT2D eigenvalue weighted by atomic mass is 9.97. The second-order valence-electron chi connectivity index (χ2n) is 7.29. The molecule has 0 atom stereocenters. The van der Waals surface area contributed by atoms with Gasteiger partial charge in [0.15, 0.2) is 5.78 Å². The van der Waals surface area contributed by atoms with Crippen molar-refractivity contribution < 1.29 is 18.0 Å². The van der Waals surface area contributed by atoms with E-state index in [-0.39, 0.29) is 22.5 Å². The smallest absolute Gasteiger partial charge is 0.243 e. The molecule has 154 valence electrons. The van der Waals surface area contributed by atoms with Crippen molar-refractivity contribution in [1.82, 2.24) is 9.62 Å². The minimum absolute atomic E-state index is 0.0171. The molecule has 1 saturated heterocycles. The molecule has 0 aliphatic carbocycles. The Labute approximate surface area is 172 Å². The molecule has 0 radical (unpaired) electrons. The van der Waals surface area contributed by atoms with E-state index in [1.807, 2.05) is 30.3 Å². The lowest BCUT2D eigenvalue weighted by Gasteiger charge is -2.30. The van der Waals surface area contributed by atoms with Gasteiger partial charge in [-0.15, -0.1) is 0 Å². The Kier molecular flexibility index (Phi) is 6.82. The third-order valence-electron chi connectivity index (χ3n) is 5.26. The summed E-state index contributed by atoms with van der Waals surface area (Å²) < 4.78 is 27.2. The third-order valence-corrected chi connectivity index (χ3v) is 7.15. The highest BCUT2D eigenvalue weighted by Crippen LogP contribution is 2.24. The Bertz CT molecular complexity index is 965. The third kappa shape index (κ3) is 5.31. The summed E-state index contributed by atoms with van der Waals surface area (Å²) in [6.07, 6.45) is 1.75. The van der Waals surface area contributed by atoms with Gasteiger partial charge in [0, 0.05) is 31.1 Å². The van der Waals surface area contributed by atoms with Crippen LogP contribution in [0.4, 0.5) is 0 Å². The first-order valence-corrected chi connectivity index (χ1v) is 11.2. The summed E-state index contributed by atoms with van der Waals surface area (Å²) in [6, 6.07) is 16.1. The topological polar surface area (TPSA) is 83.6 Å². The summed E-state index contributed by atoms with van der Waals surface area (Å²) in [4.78, 5) is 24.1. The van der Waals surface area contributed by atoms with Gasteiger partial charge >= 0.3 is 0 Å². The fraction of sp³-hybridized carbons (Fsp3) is 0.364. The zero-order valence-corrected chi connectivity index (χ0v) is 17.3. The minimum Gasteiger partial charge on any atom is -0.356 e. The van der Waals surface area contributed by atoms with Gasteiger partial charge in [0.1, 0.15) is 0 Å². The van der Waals surface area contributed by atoms with Crippen LogP contribution in [0.3, 0.4) is 0 Å². The largest absolute Gasteiger partial charge is 0.356 e. The summed E-state index contributed by atoms with van der Waals surface area (Å²) in [5.41, 5.74) is 1.54. The van der Waals surface area contributed by atoms with E-state index in [4.69, 9.17) is 0 Å². The number of hydrogen-bond donors (Lipinski definition) is 1. The molecule has 0 bridgehead atoms. The van der Waals surface area contributed by atoms with Crippen LogP contribution in [0.25, 0.3) is 0 Å². The van der Waals surface area contributed by atoms with E-state index in [1.54, 1.807) is 12.1 Å². The van der Waals surface area contributed by atoms with Crippen LogP contribution in [0.15, 0.2) is 59.5 Å². The fourth-order valence-corrected chi connectivity index (χ4v) is 5.02. The Morgan fingerprint density at radius 1 is 1.03 bits per heavy atom. The van der Waals surface area contributed by atoms with Crippen molar-refractivity contribution in [1.29, 1.82) is 0 Å². The molecule has 1 aliphatic rings. The van der Waals surface area contributed by atoms with E-state index in [2.05, 4.69) is 5.32 Å². The monoisotopic (exact) mass is 414 g/mol. The molecule has 1 heterocycles. The van der Waals surface area contributed by atoms with E-state index in [0.717, 1.165) is 6.42 Å². The second-order valence-corrected chi connectivity index (χ2v) is 9.23. The van der Waals surface area contributed by atoms with Crippen LogP contribution in [0, 0.1) is 5.92 Å². The maximum atomic E-state index is 12.9. The molecule has 0 saturated carbocycles. The summed E-state index contributed by atoms with van der Waals surface area (Å²) in [5, 5.41) is 2.96. The predicted molar refractivity (Wildman–Crippen MR) is 111 cm³/mol. The highest BCUT2D eigenvalue weighted by molar-refractivity contribution is 7.89. The van der Waals surface area contributed by atoms with Gasteiger partial charge in [-0.2, -0.15) is 4.31 Å². The number of piperidine rings is 1. The lowest BCUT2D eigenvalue weighted by molar-refractivity contribution is -0.126. The summed E-state index contributed by atoms with van der Waals surface area (Å²) in [7, 11) is -3.67. The molecule has 2 aromatic rings. The fourth-order valence-electron chi connectivity index (χ4n) is 3.50. The Morgan fingerprint density at radius 3 is 2.38 bits per heavy atom. The van der Waals surface area contributed by atoms with Gasteiger partial charge in [0.2, 0.25) is 15.9 Å². The maximum absolute atomic E-state index is 12.9. The van der Waals surface area contributed by atoms with Crippen molar-refractivity contribution >= 4 is 21.7 Å². The molecule has 3 rings (SSSR count). The number of amides is 1. The molecule has 2 aromatic carbocycles. The molecule has 1 N–H and O–H groups in total. The molecular formula is C22H26N2O4S. The first-order chi connectivity index (χ1) is 13.9. The summed E-state index contributed by atoms with van der Waals surface area (Å²) in [5.74, 6) is -0.370. The van der Waals surface area contributed by atoms with E-state index in [1.165, 1.54) is 28.9 Å². The van der Waals surface area contributed by atoms with Gasteiger partial charge in [-0.05, 0) is 43.9 Å². The molecular weight excluding hydrogens is 388 g/mol. The number of Topliss-reactive ketones (excluding diaryl/α,β-unsaturated/α-hetero) is 1. The van der Waals surface area contributed by atoms with Crippen molar-refractivity contribution in [3.63, 3.8) is 0 Å². The molecule has 7 heteroatoms. The first kappa shape index (κ1) is 21.2. The average molecular weight is 415 g/mol. The van der Waals surface area contributed by atoms with Gasteiger partial charge in [0.25, 0.3) is 0 Å². The van der Waals surface area contributed by atoms with Crippen molar-refractivity contribution in [3.8, 4) is 0 Å². The second kappa shape index (κ2) is 9.33.